The summed E-state index contributed by atoms with van der Waals surface area (Å²) in [6.45, 7) is 0.0283. The van der Waals surface area contributed by atoms with Crippen molar-refractivity contribution in [3.05, 3.63) is 66.2 Å². The average molecular weight is 266 g/mol. The van der Waals surface area contributed by atoms with Crippen LogP contribution in [0.1, 0.15) is 5.56 Å². The van der Waals surface area contributed by atoms with E-state index in [1.165, 1.54) is 5.01 Å². The lowest BCUT2D eigenvalue weighted by molar-refractivity contribution is -0.121. The fourth-order valence-corrected chi connectivity index (χ4v) is 2.03. The van der Waals surface area contributed by atoms with Crippen molar-refractivity contribution in [1.29, 1.82) is 0 Å². The molecular formula is C16H14N2O2. The third-order valence-electron chi connectivity index (χ3n) is 3.01. The van der Waals surface area contributed by atoms with E-state index < -0.39 is 0 Å². The molecule has 1 heterocycles. The highest BCUT2D eigenvalue weighted by Crippen LogP contribution is 2.17. The van der Waals surface area contributed by atoms with Crippen molar-refractivity contribution in [2.24, 2.45) is 5.10 Å². The van der Waals surface area contributed by atoms with Crippen LogP contribution in [-0.4, -0.2) is 18.4 Å². The predicted molar refractivity (Wildman–Crippen MR) is 77.5 cm³/mol. The van der Waals surface area contributed by atoms with Gasteiger partial charge in [-0.2, -0.15) is 5.01 Å². The summed E-state index contributed by atoms with van der Waals surface area (Å²) in [6, 6.07) is 19.3. The molecule has 1 amide bonds. The second-order valence-electron chi connectivity index (χ2n) is 4.49. The number of carbonyl (C=O) groups is 1. The van der Waals surface area contributed by atoms with Crippen molar-refractivity contribution < 1.29 is 9.53 Å². The van der Waals surface area contributed by atoms with Gasteiger partial charge in [0.05, 0.1) is 12.1 Å². The highest BCUT2D eigenvalue weighted by Gasteiger charge is 2.22. The number of anilines is 1. The highest BCUT2D eigenvalue weighted by atomic mass is 16.5. The van der Waals surface area contributed by atoms with Crippen LogP contribution in [0.4, 0.5) is 5.69 Å². The number of para-hydroxylation sites is 1. The van der Waals surface area contributed by atoms with E-state index >= 15 is 0 Å². The molecule has 0 saturated carbocycles. The van der Waals surface area contributed by atoms with Crippen molar-refractivity contribution in [1.82, 2.24) is 0 Å². The molecule has 4 nitrogen and oxygen atoms in total. The van der Waals surface area contributed by atoms with Crippen molar-refractivity contribution >= 4 is 17.5 Å². The third-order valence-corrected chi connectivity index (χ3v) is 3.01. The summed E-state index contributed by atoms with van der Waals surface area (Å²) in [5, 5.41) is 5.71. The van der Waals surface area contributed by atoms with Gasteiger partial charge in [0.1, 0.15) is 0 Å². The number of rotatable bonds is 3. The molecule has 3 rings (SSSR count). The number of ether oxygens (including phenoxy) is 1. The molecule has 1 aliphatic rings. The molecule has 4 heteroatoms. The van der Waals surface area contributed by atoms with Crippen molar-refractivity contribution in [2.75, 3.05) is 11.6 Å². The maximum atomic E-state index is 11.9. The van der Waals surface area contributed by atoms with Crippen molar-refractivity contribution in [3.8, 4) is 0 Å². The minimum absolute atomic E-state index is 0.0283. The quantitative estimate of drug-likeness (QED) is 0.857. The first kappa shape index (κ1) is 12.4. The summed E-state index contributed by atoms with van der Waals surface area (Å²) in [7, 11) is 0. The lowest BCUT2D eigenvalue weighted by Gasteiger charge is -2.23. The van der Waals surface area contributed by atoms with Crippen LogP contribution in [0.15, 0.2) is 65.8 Å². The lowest BCUT2D eigenvalue weighted by Crippen LogP contribution is -2.37. The summed E-state index contributed by atoms with van der Waals surface area (Å²) in [4.78, 5) is 11.9. The van der Waals surface area contributed by atoms with E-state index in [2.05, 4.69) is 5.10 Å². The van der Waals surface area contributed by atoms with Gasteiger partial charge >= 0.3 is 0 Å². The van der Waals surface area contributed by atoms with Gasteiger partial charge in [-0.15, -0.1) is 5.10 Å². The summed E-state index contributed by atoms with van der Waals surface area (Å²) in [5.74, 6) is 0.396. The molecule has 0 radical (unpaired) electrons. The Morgan fingerprint density at radius 3 is 2.35 bits per heavy atom. The van der Waals surface area contributed by atoms with Gasteiger partial charge in [-0.1, -0.05) is 48.5 Å². The van der Waals surface area contributed by atoms with Crippen molar-refractivity contribution in [3.63, 3.8) is 0 Å². The van der Waals surface area contributed by atoms with Crippen LogP contribution in [0.2, 0.25) is 0 Å². The van der Waals surface area contributed by atoms with E-state index in [-0.39, 0.29) is 12.5 Å². The molecule has 100 valence electrons. The minimum Gasteiger partial charge on any atom is -0.469 e. The summed E-state index contributed by atoms with van der Waals surface area (Å²) >= 11 is 0. The number of benzene rings is 2. The van der Waals surface area contributed by atoms with E-state index in [1.807, 2.05) is 60.7 Å². The Bertz CT molecular complexity index is 623. The van der Waals surface area contributed by atoms with Crippen LogP contribution in [0.3, 0.4) is 0 Å². The fraction of sp³-hybridized carbons (Fsp3) is 0.125. The summed E-state index contributed by atoms with van der Waals surface area (Å²) in [5.41, 5.74) is 1.86. The van der Waals surface area contributed by atoms with Crippen LogP contribution < -0.4 is 5.01 Å². The first-order chi connectivity index (χ1) is 9.83. The van der Waals surface area contributed by atoms with Crippen LogP contribution in [0, 0.1) is 0 Å². The predicted octanol–water partition coefficient (Wildman–Crippen LogP) is 2.61. The Labute approximate surface area is 117 Å². The molecule has 2 aromatic carbocycles. The Hall–Kier alpha value is -2.62. The number of hydrogen-bond acceptors (Lipinski definition) is 3. The monoisotopic (exact) mass is 266 g/mol. The molecule has 2 aromatic rings. The molecule has 0 atom stereocenters. The highest BCUT2D eigenvalue weighted by molar-refractivity contribution is 5.99. The van der Waals surface area contributed by atoms with Gasteiger partial charge in [-0.05, 0) is 17.7 Å². The fourth-order valence-electron chi connectivity index (χ4n) is 2.03. The van der Waals surface area contributed by atoms with Gasteiger partial charge in [0.25, 0.3) is 5.91 Å². The average Bonchev–Trinajstić information content (AvgIpc) is 2.51. The Morgan fingerprint density at radius 2 is 1.65 bits per heavy atom. The van der Waals surface area contributed by atoms with E-state index in [0.717, 1.165) is 11.3 Å². The van der Waals surface area contributed by atoms with Crippen LogP contribution >= 0.6 is 0 Å². The largest absolute Gasteiger partial charge is 0.469 e. The Balaban J connectivity index is 1.84. The van der Waals surface area contributed by atoms with Crippen LogP contribution in [-0.2, 0) is 16.0 Å². The maximum absolute atomic E-state index is 11.9. The zero-order valence-corrected chi connectivity index (χ0v) is 10.9. The number of carbonyl (C=O) groups excluding carboxylic acids is 1. The van der Waals surface area contributed by atoms with E-state index in [9.17, 15) is 4.79 Å². The van der Waals surface area contributed by atoms with E-state index in [4.69, 9.17) is 4.74 Å². The topological polar surface area (TPSA) is 41.9 Å². The number of hydrogen-bond donors (Lipinski definition) is 0. The molecule has 20 heavy (non-hydrogen) atoms. The Morgan fingerprint density at radius 1 is 1.00 bits per heavy atom. The molecular weight excluding hydrogens is 252 g/mol. The van der Waals surface area contributed by atoms with Gasteiger partial charge in [0, 0.05) is 0 Å². The van der Waals surface area contributed by atoms with Gasteiger partial charge in [-0.25, -0.2) is 0 Å². The maximum Gasteiger partial charge on any atom is 0.285 e. The first-order valence-corrected chi connectivity index (χ1v) is 6.45. The lowest BCUT2D eigenvalue weighted by atomic mass is 10.1. The van der Waals surface area contributed by atoms with E-state index in [1.54, 1.807) is 0 Å². The molecule has 0 aromatic heterocycles. The molecule has 0 bridgehead atoms. The van der Waals surface area contributed by atoms with Gasteiger partial charge in [0.2, 0.25) is 5.90 Å². The minimum atomic E-state index is -0.159. The van der Waals surface area contributed by atoms with Gasteiger partial charge in [-0.3, -0.25) is 4.79 Å². The summed E-state index contributed by atoms with van der Waals surface area (Å²) in [6.07, 6.45) is 0.581. The zero-order chi connectivity index (χ0) is 13.8. The molecule has 1 aliphatic heterocycles. The number of nitrogens with zero attached hydrogens (tertiary/aromatic N) is 2. The zero-order valence-electron chi connectivity index (χ0n) is 10.9. The molecule has 0 spiro atoms. The summed E-state index contributed by atoms with van der Waals surface area (Å²) < 4.78 is 5.40. The van der Waals surface area contributed by atoms with Crippen molar-refractivity contribution in [2.45, 2.75) is 6.42 Å². The van der Waals surface area contributed by atoms with Crippen LogP contribution in [0.25, 0.3) is 0 Å². The van der Waals surface area contributed by atoms with Crippen LogP contribution in [0.5, 0.6) is 0 Å². The molecule has 0 saturated heterocycles. The van der Waals surface area contributed by atoms with Gasteiger partial charge < -0.3 is 4.74 Å². The third kappa shape index (κ3) is 2.69. The molecule has 0 unspecified atom stereocenters. The second kappa shape index (κ2) is 5.57. The SMILES string of the molecule is O=C1COC(Cc2ccccc2)=NN1c1ccccc1. The molecule has 0 fully saturated rings. The second-order valence-corrected chi connectivity index (χ2v) is 4.49. The number of amides is 1. The Kier molecular flexibility index (Phi) is 3.46. The normalized spacial score (nSPS) is 14.7. The molecule has 0 N–H and O–H groups in total. The smallest absolute Gasteiger partial charge is 0.285 e. The number of hydrazone groups is 1. The molecule has 0 aliphatic carbocycles. The first-order valence-electron chi connectivity index (χ1n) is 6.45. The van der Waals surface area contributed by atoms with Gasteiger partial charge in [0.15, 0.2) is 6.61 Å². The standard InChI is InChI=1S/C16H14N2O2/c19-16-12-20-15(11-13-7-3-1-4-8-13)17-18(16)14-9-5-2-6-10-14/h1-10H,11-12H2. The van der Waals surface area contributed by atoms with E-state index in [0.29, 0.717) is 12.3 Å².